The molecule has 18 heavy (non-hydrogen) atoms. The molecule has 2 aromatic carbocycles. The fourth-order valence-electron chi connectivity index (χ4n) is 2.52. The van der Waals surface area contributed by atoms with E-state index < -0.39 is 0 Å². The zero-order valence-corrected chi connectivity index (χ0v) is 9.96. The molecule has 0 spiro atoms. The van der Waals surface area contributed by atoms with Crippen LogP contribution in [0.25, 0.3) is 27.3 Å². The van der Waals surface area contributed by atoms with Crippen LogP contribution in [-0.2, 0) is 0 Å². The van der Waals surface area contributed by atoms with Gasteiger partial charge in [0.2, 0.25) is 0 Å². The predicted molar refractivity (Wildman–Crippen MR) is 72.7 cm³/mol. The lowest BCUT2D eigenvalue weighted by molar-refractivity contribution is 0.890. The fraction of sp³-hybridized carbons (Fsp3) is 0.0667. The van der Waals surface area contributed by atoms with E-state index in [4.69, 9.17) is 0 Å². The Hall–Kier alpha value is -2.42. The van der Waals surface area contributed by atoms with Gasteiger partial charge in [-0.2, -0.15) is 5.10 Å². The van der Waals surface area contributed by atoms with E-state index in [1.54, 1.807) is 0 Å². The third-order valence-corrected chi connectivity index (χ3v) is 3.33. The second-order valence-electron chi connectivity index (χ2n) is 4.45. The molecule has 4 rings (SSSR count). The summed E-state index contributed by atoms with van der Waals surface area (Å²) in [7, 11) is 0. The standard InChI is InChI=1S/C15H11N3/c1-10-16-13-8-4-2-6-11(13)15-12-7-3-5-9-14(12)17-18(10)15/h2-9H,1H3. The molecule has 0 saturated heterocycles. The summed E-state index contributed by atoms with van der Waals surface area (Å²) in [6.07, 6.45) is 0. The van der Waals surface area contributed by atoms with Gasteiger partial charge in [0, 0.05) is 10.8 Å². The average Bonchev–Trinajstić information content (AvgIpc) is 2.79. The van der Waals surface area contributed by atoms with E-state index in [1.165, 1.54) is 5.39 Å². The van der Waals surface area contributed by atoms with Gasteiger partial charge in [0.25, 0.3) is 0 Å². The van der Waals surface area contributed by atoms with Gasteiger partial charge in [-0.05, 0) is 19.1 Å². The van der Waals surface area contributed by atoms with Gasteiger partial charge < -0.3 is 0 Å². The van der Waals surface area contributed by atoms with E-state index in [2.05, 4.69) is 28.3 Å². The minimum atomic E-state index is 0.917. The smallest absolute Gasteiger partial charge is 0.128 e. The summed E-state index contributed by atoms with van der Waals surface area (Å²) in [5.74, 6) is 0.917. The molecule has 0 aliphatic rings. The first-order valence-electron chi connectivity index (χ1n) is 5.97. The number of rotatable bonds is 0. The summed E-state index contributed by atoms with van der Waals surface area (Å²) in [4.78, 5) is 4.60. The quantitative estimate of drug-likeness (QED) is 0.466. The van der Waals surface area contributed by atoms with Crippen LogP contribution < -0.4 is 0 Å². The molecule has 0 saturated carbocycles. The highest BCUT2D eigenvalue weighted by atomic mass is 15.3. The topological polar surface area (TPSA) is 30.2 Å². The molecule has 0 bridgehead atoms. The number of aryl methyl sites for hydroxylation is 1. The van der Waals surface area contributed by atoms with Crippen molar-refractivity contribution in [2.24, 2.45) is 0 Å². The summed E-state index contributed by atoms with van der Waals surface area (Å²) >= 11 is 0. The number of aromatic nitrogens is 3. The van der Waals surface area contributed by atoms with Gasteiger partial charge >= 0.3 is 0 Å². The van der Waals surface area contributed by atoms with Crippen molar-refractivity contribution >= 4 is 27.3 Å². The van der Waals surface area contributed by atoms with Crippen molar-refractivity contribution < 1.29 is 0 Å². The minimum absolute atomic E-state index is 0.917. The van der Waals surface area contributed by atoms with Crippen molar-refractivity contribution in [2.45, 2.75) is 6.92 Å². The molecule has 0 atom stereocenters. The predicted octanol–water partition coefficient (Wildman–Crippen LogP) is 3.34. The molecule has 0 radical (unpaired) electrons. The van der Waals surface area contributed by atoms with Crippen LogP contribution in [0.3, 0.4) is 0 Å². The van der Waals surface area contributed by atoms with E-state index in [1.807, 2.05) is 41.8 Å². The van der Waals surface area contributed by atoms with Crippen LogP contribution >= 0.6 is 0 Å². The molecule has 0 fully saturated rings. The monoisotopic (exact) mass is 233 g/mol. The van der Waals surface area contributed by atoms with Crippen molar-refractivity contribution in [2.75, 3.05) is 0 Å². The van der Waals surface area contributed by atoms with Gasteiger partial charge in [0.1, 0.15) is 5.82 Å². The van der Waals surface area contributed by atoms with Crippen LogP contribution in [0.2, 0.25) is 0 Å². The van der Waals surface area contributed by atoms with E-state index in [0.717, 1.165) is 27.8 Å². The zero-order chi connectivity index (χ0) is 12.1. The summed E-state index contributed by atoms with van der Waals surface area (Å²) < 4.78 is 1.94. The first kappa shape index (κ1) is 9.59. The molecule has 4 aromatic rings. The zero-order valence-electron chi connectivity index (χ0n) is 9.96. The van der Waals surface area contributed by atoms with Crippen LogP contribution in [0.4, 0.5) is 0 Å². The van der Waals surface area contributed by atoms with E-state index in [0.29, 0.717) is 0 Å². The molecule has 0 aliphatic heterocycles. The number of hydrogen-bond acceptors (Lipinski definition) is 2. The largest absolute Gasteiger partial charge is 0.233 e. The Morgan fingerprint density at radius 3 is 2.22 bits per heavy atom. The maximum absolute atomic E-state index is 4.62. The molecule has 3 nitrogen and oxygen atoms in total. The highest BCUT2D eigenvalue weighted by Gasteiger charge is 2.10. The summed E-state index contributed by atoms with van der Waals surface area (Å²) in [5.41, 5.74) is 3.18. The average molecular weight is 233 g/mol. The maximum atomic E-state index is 4.62. The van der Waals surface area contributed by atoms with Crippen molar-refractivity contribution in [3.05, 3.63) is 54.4 Å². The highest BCUT2D eigenvalue weighted by molar-refractivity contribution is 6.08. The Balaban J connectivity index is 2.41. The molecule has 3 heteroatoms. The Morgan fingerprint density at radius 2 is 1.44 bits per heavy atom. The Kier molecular flexibility index (Phi) is 1.75. The van der Waals surface area contributed by atoms with Crippen LogP contribution in [0.15, 0.2) is 48.5 Å². The number of hydrogen-bond donors (Lipinski definition) is 0. The molecule has 0 amide bonds. The first-order valence-corrected chi connectivity index (χ1v) is 5.97. The van der Waals surface area contributed by atoms with Gasteiger partial charge in [-0.3, -0.25) is 0 Å². The SMILES string of the molecule is Cc1nc2ccccc2c2c3ccccc3nn12. The molecule has 0 N–H and O–H groups in total. The minimum Gasteiger partial charge on any atom is -0.233 e. The van der Waals surface area contributed by atoms with Crippen molar-refractivity contribution in [1.82, 2.24) is 14.6 Å². The molecule has 2 aromatic heterocycles. The second kappa shape index (κ2) is 3.29. The number of fused-ring (bicyclic) bond motifs is 5. The molecule has 2 heterocycles. The molecular formula is C15H11N3. The molecular weight excluding hydrogens is 222 g/mol. The van der Waals surface area contributed by atoms with Gasteiger partial charge in [-0.15, -0.1) is 0 Å². The van der Waals surface area contributed by atoms with E-state index >= 15 is 0 Å². The van der Waals surface area contributed by atoms with Crippen LogP contribution in [0.5, 0.6) is 0 Å². The molecule has 86 valence electrons. The number of para-hydroxylation sites is 1. The second-order valence-corrected chi connectivity index (χ2v) is 4.45. The number of nitrogens with zero attached hydrogens (tertiary/aromatic N) is 3. The normalized spacial score (nSPS) is 11.6. The summed E-state index contributed by atoms with van der Waals surface area (Å²) in [6, 6.07) is 16.4. The summed E-state index contributed by atoms with van der Waals surface area (Å²) in [6.45, 7) is 1.99. The van der Waals surface area contributed by atoms with Crippen molar-refractivity contribution in [3.63, 3.8) is 0 Å². The fourth-order valence-corrected chi connectivity index (χ4v) is 2.52. The first-order chi connectivity index (χ1) is 8.84. The van der Waals surface area contributed by atoms with Crippen molar-refractivity contribution in [3.8, 4) is 0 Å². The van der Waals surface area contributed by atoms with E-state index in [-0.39, 0.29) is 0 Å². The third kappa shape index (κ3) is 1.13. The lowest BCUT2D eigenvalue weighted by Crippen LogP contribution is -1.97. The number of benzene rings is 2. The summed E-state index contributed by atoms with van der Waals surface area (Å²) in [5, 5.41) is 6.95. The van der Waals surface area contributed by atoms with Gasteiger partial charge in [-0.25, -0.2) is 9.50 Å². The van der Waals surface area contributed by atoms with E-state index in [9.17, 15) is 0 Å². The Morgan fingerprint density at radius 1 is 0.833 bits per heavy atom. The lowest BCUT2D eigenvalue weighted by atomic mass is 10.1. The Labute approximate surface area is 104 Å². The van der Waals surface area contributed by atoms with Crippen LogP contribution in [-0.4, -0.2) is 14.6 Å². The highest BCUT2D eigenvalue weighted by Crippen LogP contribution is 2.26. The van der Waals surface area contributed by atoms with Crippen LogP contribution in [0.1, 0.15) is 5.82 Å². The van der Waals surface area contributed by atoms with Gasteiger partial charge in [0.05, 0.1) is 16.6 Å². The Bertz CT molecular complexity index is 890. The molecule has 0 unspecified atom stereocenters. The van der Waals surface area contributed by atoms with Crippen LogP contribution in [0, 0.1) is 6.92 Å². The van der Waals surface area contributed by atoms with Gasteiger partial charge in [-0.1, -0.05) is 36.4 Å². The lowest BCUT2D eigenvalue weighted by Gasteiger charge is -2.03. The third-order valence-electron chi connectivity index (χ3n) is 3.33. The molecule has 0 aliphatic carbocycles. The van der Waals surface area contributed by atoms with Crippen molar-refractivity contribution in [1.29, 1.82) is 0 Å². The van der Waals surface area contributed by atoms with Gasteiger partial charge in [0.15, 0.2) is 0 Å². The maximum Gasteiger partial charge on any atom is 0.128 e.